The summed E-state index contributed by atoms with van der Waals surface area (Å²) in [7, 11) is -3.91. The number of amides is 1. The molecule has 0 fully saturated rings. The third-order valence-corrected chi connectivity index (χ3v) is 5.95. The summed E-state index contributed by atoms with van der Waals surface area (Å²) in [5, 5.41) is 3.21. The minimum absolute atomic E-state index is 0.0417. The summed E-state index contributed by atoms with van der Waals surface area (Å²) < 4.78 is 28.1. The minimum atomic E-state index is -3.91. The molecule has 1 aromatic heterocycles. The van der Waals surface area contributed by atoms with Gasteiger partial charge in [-0.15, -0.1) is 0 Å². The molecule has 1 amide bonds. The Bertz CT molecular complexity index is 1040. The minimum Gasteiger partial charge on any atom is -0.351 e. The molecular weight excluding hydrogens is 410 g/mol. The first-order chi connectivity index (χ1) is 13.9. The maximum absolute atomic E-state index is 12.8. The normalized spacial score (nSPS) is 12.3. The topological polar surface area (TPSA) is 88.2 Å². The summed E-state index contributed by atoms with van der Waals surface area (Å²) in [6, 6.07) is 17.6. The number of carbonyl (C=O) groups excluding carboxylic acids is 1. The Balaban J connectivity index is 1.78. The van der Waals surface area contributed by atoms with Crippen LogP contribution in [-0.2, 0) is 27.8 Å². The van der Waals surface area contributed by atoms with Crippen molar-refractivity contribution >= 4 is 27.5 Å². The molecule has 2 aromatic carbocycles. The van der Waals surface area contributed by atoms with Crippen LogP contribution in [0.25, 0.3) is 0 Å². The number of hydrogen-bond donors (Lipinski definition) is 2. The summed E-state index contributed by atoms with van der Waals surface area (Å²) in [4.78, 5) is 16.9. The van der Waals surface area contributed by atoms with E-state index in [1.54, 1.807) is 18.5 Å². The number of rotatable bonds is 8. The third kappa shape index (κ3) is 6.12. The standard InChI is InChI=1S/C21H20ClN3O3S/c22-18-8-10-19(11-9-18)29(27,28)25-20(13-16-5-2-1-3-6-16)21(26)24-15-17-7-4-12-23-14-17/h1-12,14,20,25H,13,15H2,(H,24,26)/t20-/m0/s1. The monoisotopic (exact) mass is 429 g/mol. The highest BCUT2D eigenvalue weighted by Gasteiger charge is 2.26. The fourth-order valence-electron chi connectivity index (χ4n) is 2.72. The molecular formula is C21H20ClN3O3S. The van der Waals surface area contributed by atoms with Gasteiger partial charge >= 0.3 is 0 Å². The highest BCUT2D eigenvalue weighted by Crippen LogP contribution is 2.15. The number of aromatic nitrogens is 1. The van der Waals surface area contributed by atoms with Crippen LogP contribution in [-0.4, -0.2) is 25.4 Å². The molecule has 29 heavy (non-hydrogen) atoms. The molecule has 0 unspecified atom stereocenters. The maximum atomic E-state index is 12.8. The van der Waals surface area contributed by atoms with Gasteiger partial charge in [0.1, 0.15) is 6.04 Å². The second-order valence-corrected chi connectivity index (χ2v) is 8.55. The van der Waals surface area contributed by atoms with Crippen LogP contribution in [0.2, 0.25) is 5.02 Å². The van der Waals surface area contributed by atoms with Crippen molar-refractivity contribution in [1.29, 1.82) is 0 Å². The van der Waals surface area contributed by atoms with Crippen molar-refractivity contribution < 1.29 is 13.2 Å². The van der Waals surface area contributed by atoms with Crippen LogP contribution < -0.4 is 10.0 Å². The first-order valence-electron chi connectivity index (χ1n) is 8.92. The van der Waals surface area contributed by atoms with Gasteiger partial charge in [-0.05, 0) is 47.9 Å². The summed E-state index contributed by atoms with van der Waals surface area (Å²) >= 11 is 5.84. The molecule has 2 N–H and O–H groups in total. The second kappa shape index (κ2) is 9.65. The van der Waals surface area contributed by atoms with Crippen LogP contribution in [0.4, 0.5) is 0 Å². The summed E-state index contributed by atoms with van der Waals surface area (Å²) in [5.41, 5.74) is 1.66. The Morgan fingerprint density at radius 2 is 1.66 bits per heavy atom. The van der Waals surface area contributed by atoms with E-state index in [4.69, 9.17) is 11.6 Å². The zero-order valence-corrected chi connectivity index (χ0v) is 17.0. The Morgan fingerprint density at radius 3 is 2.31 bits per heavy atom. The van der Waals surface area contributed by atoms with Crippen LogP contribution in [0.3, 0.4) is 0 Å². The van der Waals surface area contributed by atoms with E-state index in [2.05, 4.69) is 15.0 Å². The number of carbonyl (C=O) groups is 1. The predicted molar refractivity (Wildman–Crippen MR) is 112 cm³/mol. The zero-order valence-electron chi connectivity index (χ0n) is 15.5. The van der Waals surface area contributed by atoms with Gasteiger partial charge in [-0.2, -0.15) is 4.72 Å². The van der Waals surface area contributed by atoms with E-state index in [0.717, 1.165) is 11.1 Å². The fraction of sp³-hybridized carbons (Fsp3) is 0.143. The molecule has 6 nitrogen and oxygen atoms in total. The van der Waals surface area contributed by atoms with E-state index >= 15 is 0 Å². The molecule has 0 spiro atoms. The van der Waals surface area contributed by atoms with Gasteiger partial charge < -0.3 is 5.32 Å². The van der Waals surface area contributed by atoms with E-state index < -0.39 is 22.0 Å². The lowest BCUT2D eigenvalue weighted by Gasteiger charge is -2.19. The highest BCUT2D eigenvalue weighted by atomic mass is 35.5. The molecule has 0 aliphatic carbocycles. The SMILES string of the molecule is O=C(NCc1cccnc1)[C@H](Cc1ccccc1)NS(=O)(=O)c1ccc(Cl)cc1. The highest BCUT2D eigenvalue weighted by molar-refractivity contribution is 7.89. The van der Waals surface area contributed by atoms with Crippen molar-refractivity contribution in [3.8, 4) is 0 Å². The third-order valence-electron chi connectivity index (χ3n) is 4.21. The number of nitrogens with one attached hydrogen (secondary N) is 2. The molecule has 8 heteroatoms. The van der Waals surface area contributed by atoms with Crippen molar-refractivity contribution in [2.45, 2.75) is 23.9 Å². The molecule has 3 aromatic rings. The largest absolute Gasteiger partial charge is 0.351 e. The van der Waals surface area contributed by atoms with Gasteiger partial charge in [0.05, 0.1) is 4.90 Å². The number of hydrogen-bond acceptors (Lipinski definition) is 4. The molecule has 0 saturated heterocycles. The Labute approximate surface area is 175 Å². The first-order valence-corrected chi connectivity index (χ1v) is 10.8. The lowest BCUT2D eigenvalue weighted by atomic mass is 10.1. The van der Waals surface area contributed by atoms with Crippen LogP contribution in [0, 0.1) is 0 Å². The van der Waals surface area contributed by atoms with Crippen LogP contribution >= 0.6 is 11.6 Å². The Hall–Kier alpha value is -2.74. The zero-order chi connectivity index (χ0) is 20.7. The predicted octanol–water partition coefficient (Wildman–Crippen LogP) is 2.94. The summed E-state index contributed by atoms with van der Waals surface area (Å²) in [6.45, 7) is 0.251. The summed E-state index contributed by atoms with van der Waals surface area (Å²) in [6.07, 6.45) is 3.50. The Kier molecular flexibility index (Phi) is 6.98. The summed E-state index contributed by atoms with van der Waals surface area (Å²) in [5.74, 6) is -0.421. The molecule has 150 valence electrons. The van der Waals surface area contributed by atoms with Gasteiger partial charge in [-0.25, -0.2) is 8.42 Å². The lowest BCUT2D eigenvalue weighted by Crippen LogP contribution is -2.47. The molecule has 0 aliphatic heterocycles. The number of pyridine rings is 1. The van der Waals surface area contributed by atoms with E-state index in [9.17, 15) is 13.2 Å². The quantitative estimate of drug-likeness (QED) is 0.576. The molecule has 1 atom stereocenters. The van der Waals surface area contributed by atoms with Crippen LogP contribution in [0.5, 0.6) is 0 Å². The molecule has 3 rings (SSSR count). The lowest BCUT2D eigenvalue weighted by molar-refractivity contribution is -0.122. The molecule has 0 radical (unpaired) electrons. The van der Waals surface area contributed by atoms with Gasteiger partial charge in [0.2, 0.25) is 15.9 Å². The average Bonchev–Trinajstić information content (AvgIpc) is 2.73. The van der Waals surface area contributed by atoms with Crippen molar-refractivity contribution in [2.75, 3.05) is 0 Å². The number of benzene rings is 2. The van der Waals surface area contributed by atoms with Crippen molar-refractivity contribution in [3.05, 3.63) is 95.3 Å². The van der Waals surface area contributed by atoms with Crippen LogP contribution in [0.1, 0.15) is 11.1 Å². The molecule has 1 heterocycles. The Morgan fingerprint density at radius 1 is 0.966 bits per heavy atom. The van der Waals surface area contributed by atoms with Gasteiger partial charge in [0.15, 0.2) is 0 Å². The number of sulfonamides is 1. The maximum Gasteiger partial charge on any atom is 0.241 e. The van der Waals surface area contributed by atoms with E-state index in [1.807, 2.05) is 36.4 Å². The van der Waals surface area contributed by atoms with Crippen molar-refractivity contribution in [1.82, 2.24) is 15.0 Å². The smallest absolute Gasteiger partial charge is 0.241 e. The van der Waals surface area contributed by atoms with Crippen molar-refractivity contribution in [2.24, 2.45) is 0 Å². The molecule has 0 aliphatic rings. The van der Waals surface area contributed by atoms with Crippen molar-refractivity contribution in [3.63, 3.8) is 0 Å². The fourth-order valence-corrected chi connectivity index (χ4v) is 4.04. The van der Waals surface area contributed by atoms with Gasteiger partial charge in [0.25, 0.3) is 0 Å². The van der Waals surface area contributed by atoms with E-state index in [-0.39, 0.29) is 17.9 Å². The second-order valence-electron chi connectivity index (χ2n) is 6.40. The molecule has 0 bridgehead atoms. The molecule has 0 saturated carbocycles. The number of halogens is 1. The van der Waals surface area contributed by atoms with E-state index in [0.29, 0.717) is 5.02 Å². The van der Waals surface area contributed by atoms with E-state index in [1.165, 1.54) is 24.3 Å². The van der Waals surface area contributed by atoms with Crippen LogP contribution in [0.15, 0.2) is 84.0 Å². The van der Waals surface area contributed by atoms with Gasteiger partial charge in [-0.1, -0.05) is 48.0 Å². The first kappa shape index (κ1) is 21.0. The number of nitrogens with zero attached hydrogens (tertiary/aromatic N) is 1. The average molecular weight is 430 g/mol. The van der Waals surface area contributed by atoms with Gasteiger partial charge in [-0.3, -0.25) is 9.78 Å². The van der Waals surface area contributed by atoms with Gasteiger partial charge in [0, 0.05) is 24.0 Å².